The summed E-state index contributed by atoms with van der Waals surface area (Å²) in [6, 6.07) is 8.19. The maximum atomic E-state index is 12.8. The second kappa shape index (κ2) is 8.56. The molecule has 148 valence electrons. The number of anilines is 1. The summed E-state index contributed by atoms with van der Waals surface area (Å²) in [5, 5.41) is 4.34. The van der Waals surface area contributed by atoms with Gasteiger partial charge in [-0.3, -0.25) is 4.79 Å². The minimum absolute atomic E-state index is 0.0275. The monoisotopic (exact) mass is 398 g/mol. The van der Waals surface area contributed by atoms with Gasteiger partial charge in [0.25, 0.3) is 5.91 Å². The summed E-state index contributed by atoms with van der Waals surface area (Å²) in [5.41, 5.74) is 2.15. The van der Waals surface area contributed by atoms with Gasteiger partial charge in [0.1, 0.15) is 22.7 Å². The second-order valence-corrected chi connectivity index (χ2v) is 7.99. The van der Waals surface area contributed by atoms with E-state index < -0.39 is 0 Å². The first-order chi connectivity index (χ1) is 13.4. The Kier molecular flexibility index (Phi) is 6.14. The highest BCUT2D eigenvalue weighted by atomic mass is 32.1. The van der Waals surface area contributed by atoms with Crippen molar-refractivity contribution in [1.82, 2.24) is 14.9 Å². The van der Waals surface area contributed by atoms with E-state index in [1.807, 2.05) is 40.0 Å². The van der Waals surface area contributed by atoms with Crippen molar-refractivity contribution in [2.45, 2.75) is 33.2 Å². The molecule has 28 heavy (non-hydrogen) atoms. The van der Waals surface area contributed by atoms with Crippen LogP contribution in [-0.2, 0) is 6.42 Å². The summed E-state index contributed by atoms with van der Waals surface area (Å²) in [7, 11) is 3.49. The molecular formula is C21H26N4O2S. The fourth-order valence-corrected chi connectivity index (χ4v) is 4.05. The molecule has 1 aromatic carbocycles. The van der Waals surface area contributed by atoms with Crippen molar-refractivity contribution in [2.24, 2.45) is 0 Å². The van der Waals surface area contributed by atoms with Gasteiger partial charge in [-0.05, 0) is 50.5 Å². The van der Waals surface area contributed by atoms with E-state index in [4.69, 9.17) is 4.74 Å². The number of benzene rings is 1. The van der Waals surface area contributed by atoms with E-state index in [0.29, 0.717) is 0 Å². The van der Waals surface area contributed by atoms with Gasteiger partial charge in [-0.15, -0.1) is 11.3 Å². The van der Waals surface area contributed by atoms with E-state index in [9.17, 15) is 4.79 Å². The van der Waals surface area contributed by atoms with Gasteiger partial charge in [0, 0.05) is 19.6 Å². The molecule has 0 bridgehead atoms. The van der Waals surface area contributed by atoms with Gasteiger partial charge in [0.15, 0.2) is 0 Å². The number of nitrogens with one attached hydrogen (secondary N) is 1. The molecule has 0 radical (unpaired) electrons. The van der Waals surface area contributed by atoms with E-state index >= 15 is 0 Å². The van der Waals surface area contributed by atoms with Crippen LogP contribution >= 0.6 is 11.3 Å². The molecular weight excluding hydrogens is 372 g/mol. The predicted octanol–water partition coefficient (Wildman–Crippen LogP) is 4.14. The highest BCUT2D eigenvalue weighted by molar-refractivity contribution is 7.20. The van der Waals surface area contributed by atoms with Gasteiger partial charge < -0.3 is 15.0 Å². The van der Waals surface area contributed by atoms with Crippen molar-refractivity contribution in [3.05, 3.63) is 46.6 Å². The number of amides is 1. The third-order valence-corrected chi connectivity index (χ3v) is 6.07. The third kappa shape index (κ3) is 4.09. The van der Waals surface area contributed by atoms with Gasteiger partial charge in [-0.1, -0.05) is 12.1 Å². The van der Waals surface area contributed by atoms with E-state index in [1.165, 1.54) is 16.9 Å². The number of aromatic nitrogens is 2. The highest BCUT2D eigenvalue weighted by Gasteiger charge is 2.22. The topological polar surface area (TPSA) is 67.3 Å². The van der Waals surface area contributed by atoms with Crippen molar-refractivity contribution in [3.8, 4) is 5.75 Å². The van der Waals surface area contributed by atoms with Crippen LogP contribution in [0.4, 0.5) is 5.82 Å². The summed E-state index contributed by atoms with van der Waals surface area (Å²) in [4.78, 5) is 24.9. The number of methoxy groups -OCH3 is 1. The summed E-state index contributed by atoms with van der Waals surface area (Å²) in [6.45, 7) is 6.72. The molecule has 0 aliphatic carbocycles. The van der Waals surface area contributed by atoms with Gasteiger partial charge in [0.2, 0.25) is 0 Å². The molecule has 3 aromatic rings. The maximum Gasteiger partial charge on any atom is 0.264 e. The summed E-state index contributed by atoms with van der Waals surface area (Å²) < 4.78 is 5.20. The normalized spacial score (nSPS) is 11.1. The summed E-state index contributed by atoms with van der Waals surface area (Å²) in [6.07, 6.45) is 2.41. The first kappa shape index (κ1) is 20.1. The van der Waals surface area contributed by atoms with Crippen LogP contribution in [0.15, 0.2) is 30.6 Å². The average molecular weight is 399 g/mol. The molecule has 3 rings (SSSR count). The number of fused-ring (bicyclic) bond motifs is 1. The van der Waals surface area contributed by atoms with Gasteiger partial charge in [0.05, 0.1) is 17.4 Å². The zero-order valence-electron chi connectivity index (χ0n) is 16.9. The quantitative estimate of drug-likeness (QED) is 0.648. The van der Waals surface area contributed by atoms with Crippen LogP contribution in [-0.4, -0.2) is 47.5 Å². The van der Waals surface area contributed by atoms with Crippen LogP contribution in [0.25, 0.3) is 10.2 Å². The first-order valence-corrected chi connectivity index (χ1v) is 10.1. The molecule has 0 unspecified atom stereocenters. The fraction of sp³-hybridized carbons (Fsp3) is 0.381. The van der Waals surface area contributed by atoms with Crippen molar-refractivity contribution >= 4 is 33.3 Å². The number of hydrogen-bond acceptors (Lipinski definition) is 6. The Morgan fingerprint density at radius 2 is 1.96 bits per heavy atom. The number of thiophene rings is 1. The highest BCUT2D eigenvalue weighted by Crippen LogP contribution is 2.34. The Hall–Kier alpha value is -2.67. The number of ether oxygens (including phenoxy) is 1. The number of nitrogens with zero attached hydrogens (tertiary/aromatic N) is 3. The molecule has 7 heteroatoms. The van der Waals surface area contributed by atoms with Crippen molar-refractivity contribution < 1.29 is 9.53 Å². The molecule has 1 amide bonds. The van der Waals surface area contributed by atoms with Crippen molar-refractivity contribution in [1.29, 1.82) is 0 Å². The van der Waals surface area contributed by atoms with E-state index in [0.717, 1.165) is 45.2 Å². The number of hydrogen-bond donors (Lipinski definition) is 1. The molecule has 6 nitrogen and oxygen atoms in total. The first-order valence-electron chi connectivity index (χ1n) is 9.30. The summed E-state index contributed by atoms with van der Waals surface area (Å²) in [5.74, 6) is 1.66. The zero-order chi connectivity index (χ0) is 20.3. The Morgan fingerprint density at radius 3 is 2.61 bits per heavy atom. The smallest absolute Gasteiger partial charge is 0.264 e. The van der Waals surface area contributed by atoms with Crippen LogP contribution in [0.3, 0.4) is 0 Å². The molecule has 0 saturated heterocycles. The van der Waals surface area contributed by atoms with E-state index in [-0.39, 0.29) is 11.9 Å². The van der Waals surface area contributed by atoms with Crippen LogP contribution < -0.4 is 10.1 Å². The number of aryl methyl sites for hydroxylation is 1. The lowest BCUT2D eigenvalue weighted by Gasteiger charge is -2.20. The Bertz CT molecular complexity index is 966. The second-order valence-electron chi connectivity index (χ2n) is 6.99. The predicted molar refractivity (Wildman–Crippen MR) is 115 cm³/mol. The van der Waals surface area contributed by atoms with Crippen molar-refractivity contribution in [3.63, 3.8) is 0 Å². The molecule has 0 spiro atoms. The maximum absolute atomic E-state index is 12.8. The zero-order valence-corrected chi connectivity index (χ0v) is 17.8. The largest absolute Gasteiger partial charge is 0.497 e. The van der Waals surface area contributed by atoms with Crippen LogP contribution in [0.5, 0.6) is 5.75 Å². The Morgan fingerprint density at radius 1 is 1.25 bits per heavy atom. The summed E-state index contributed by atoms with van der Waals surface area (Å²) >= 11 is 1.43. The number of rotatable bonds is 7. The molecule has 0 fully saturated rings. The molecule has 2 aromatic heterocycles. The minimum atomic E-state index is 0.0275. The number of carbonyl (C=O) groups is 1. The van der Waals surface area contributed by atoms with Crippen LogP contribution in [0, 0.1) is 6.92 Å². The fourth-order valence-electron chi connectivity index (χ4n) is 2.92. The number of carbonyl (C=O) groups excluding carboxylic acids is 1. The third-order valence-electron chi connectivity index (χ3n) is 4.88. The lowest BCUT2D eigenvalue weighted by Crippen LogP contribution is -2.32. The lowest BCUT2D eigenvalue weighted by atomic mass is 10.1. The standard InChI is InChI=1S/C21H26N4O2S/c1-13(2)25(4)21(26)18-14(3)17-19(23-12-24-20(17)28-18)22-11-10-15-6-8-16(27-5)9-7-15/h6-9,12-13H,10-11H2,1-5H3,(H,22,23,24). The van der Waals surface area contributed by atoms with E-state index in [1.54, 1.807) is 18.3 Å². The molecule has 0 aliphatic heterocycles. The minimum Gasteiger partial charge on any atom is -0.497 e. The van der Waals surface area contributed by atoms with E-state index in [2.05, 4.69) is 27.4 Å². The molecule has 2 heterocycles. The lowest BCUT2D eigenvalue weighted by molar-refractivity contribution is 0.0759. The van der Waals surface area contributed by atoms with Gasteiger partial charge >= 0.3 is 0 Å². The Labute approximate surface area is 169 Å². The van der Waals surface area contributed by atoms with Crippen molar-refractivity contribution in [2.75, 3.05) is 26.0 Å². The van der Waals surface area contributed by atoms with Crippen LogP contribution in [0.1, 0.15) is 34.6 Å². The average Bonchev–Trinajstić information content (AvgIpc) is 3.04. The van der Waals surface area contributed by atoms with Gasteiger partial charge in [-0.2, -0.15) is 0 Å². The van der Waals surface area contributed by atoms with Gasteiger partial charge in [-0.25, -0.2) is 9.97 Å². The molecule has 1 N–H and O–H groups in total. The molecule has 0 saturated carbocycles. The molecule has 0 aliphatic rings. The SMILES string of the molecule is COc1ccc(CCNc2ncnc3sc(C(=O)N(C)C(C)C)c(C)c23)cc1. The Balaban J connectivity index is 1.79. The van der Waals surface area contributed by atoms with Crippen LogP contribution in [0.2, 0.25) is 0 Å². The molecule has 0 atom stereocenters.